The number of hydrogen-bond acceptors (Lipinski definition) is 4. The van der Waals surface area contributed by atoms with Gasteiger partial charge in [-0.05, 0) is 35.9 Å². The van der Waals surface area contributed by atoms with E-state index >= 15 is 0 Å². The molecule has 0 unspecified atom stereocenters. The van der Waals surface area contributed by atoms with Crippen molar-refractivity contribution in [3.05, 3.63) is 71.8 Å². The monoisotopic (exact) mass is 370 g/mol. The summed E-state index contributed by atoms with van der Waals surface area (Å²) >= 11 is 0. The molecular weight excluding hydrogens is 357 g/mol. The van der Waals surface area contributed by atoms with Crippen LogP contribution >= 0.6 is 0 Å². The average Bonchev–Trinajstić information content (AvgIpc) is 2.97. The van der Waals surface area contributed by atoms with Crippen LogP contribution in [0.3, 0.4) is 0 Å². The van der Waals surface area contributed by atoms with Gasteiger partial charge >= 0.3 is 6.18 Å². The summed E-state index contributed by atoms with van der Waals surface area (Å²) in [5, 5.41) is 7.77. The van der Waals surface area contributed by atoms with Gasteiger partial charge in [0, 0.05) is 18.0 Å². The molecule has 0 saturated carbocycles. The van der Waals surface area contributed by atoms with E-state index in [1.54, 1.807) is 24.3 Å². The minimum atomic E-state index is -4.42. The largest absolute Gasteiger partial charge is 0.416 e. The zero-order chi connectivity index (χ0) is 19.0. The summed E-state index contributed by atoms with van der Waals surface area (Å²) in [6.07, 6.45) is -1.24. The van der Waals surface area contributed by atoms with Gasteiger partial charge in [0.15, 0.2) is 0 Å². The fraction of sp³-hybridized carbons (Fsp3) is 0.158. The Morgan fingerprint density at radius 3 is 2.67 bits per heavy atom. The molecule has 1 aromatic carbocycles. The highest BCUT2D eigenvalue weighted by Crippen LogP contribution is 2.35. The Morgan fingerprint density at radius 2 is 1.93 bits per heavy atom. The highest BCUT2D eigenvalue weighted by atomic mass is 19.4. The Labute approximate surface area is 152 Å². The van der Waals surface area contributed by atoms with E-state index < -0.39 is 11.7 Å². The Bertz CT molecular complexity index is 1010. The highest BCUT2D eigenvalue weighted by molar-refractivity contribution is 6.01. The van der Waals surface area contributed by atoms with Crippen LogP contribution in [0.1, 0.15) is 17.0 Å². The van der Waals surface area contributed by atoms with E-state index in [0.29, 0.717) is 28.2 Å². The van der Waals surface area contributed by atoms with Gasteiger partial charge in [-0.1, -0.05) is 12.1 Å². The molecule has 5 nitrogen and oxygen atoms in total. The van der Waals surface area contributed by atoms with Crippen molar-refractivity contribution in [2.75, 3.05) is 4.90 Å². The molecule has 0 atom stereocenters. The Kier molecular flexibility index (Phi) is 4.10. The SMILES string of the molecule is O=C1Cc2ncc(-c3cccc(C(F)(F)F)c3)cc2N1Cc1cccnn1. The summed E-state index contributed by atoms with van der Waals surface area (Å²) in [7, 11) is 0. The Balaban J connectivity index is 1.70. The van der Waals surface area contributed by atoms with Crippen LogP contribution in [0.5, 0.6) is 0 Å². The molecule has 1 amide bonds. The summed E-state index contributed by atoms with van der Waals surface area (Å²) in [5.41, 5.74) is 1.97. The predicted octanol–water partition coefficient (Wildman–Crippen LogP) is 3.65. The van der Waals surface area contributed by atoms with Gasteiger partial charge in [0.05, 0.1) is 35.6 Å². The first-order valence-electron chi connectivity index (χ1n) is 8.15. The van der Waals surface area contributed by atoms with Gasteiger partial charge in [0.25, 0.3) is 0 Å². The first kappa shape index (κ1) is 17.1. The molecule has 27 heavy (non-hydrogen) atoms. The maximum Gasteiger partial charge on any atom is 0.416 e. The molecule has 1 aliphatic heterocycles. The van der Waals surface area contributed by atoms with Crippen LogP contribution in [0.4, 0.5) is 18.9 Å². The van der Waals surface area contributed by atoms with Gasteiger partial charge in [-0.3, -0.25) is 9.78 Å². The molecule has 3 heterocycles. The summed E-state index contributed by atoms with van der Waals surface area (Å²) in [4.78, 5) is 18.2. The van der Waals surface area contributed by atoms with Gasteiger partial charge in [-0.2, -0.15) is 23.4 Å². The standard InChI is InChI=1S/C19H13F3N4O/c20-19(21,22)14-4-1-3-12(7-14)13-8-17-16(23-10-13)9-18(27)26(17)11-15-5-2-6-24-25-15/h1-8,10H,9,11H2. The van der Waals surface area contributed by atoms with Gasteiger partial charge in [0.2, 0.25) is 5.91 Å². The smallest absolute Gasteiger partial charge is 0.304 e. The molecule has 2 aromatic heterocycles. The molecule has 0 radical (unpaired) electrons. The van der Waals surface area contributed by atoms with Crippen molar-refractivity contribution in [3.63, 3.8) is 0 Å². The number of pyridine rings is 1. The first-order valence-corrected chi connectivity index (χ1v) is 8.15. The van der Waals surface area contributed by atoms with E-state index in [2.05, 4.69) is 15.2 Å². The van der Waals surface area contributed by atoms with E-state index in [4.69, 9.17) is 0 Å². The average molecular weight is 370 g/mol. The third kappa shape index (κ3) is 3.38. The fourth-order valence-corrected chi connectivity index (χ4v) is 3.01. The molecule has 3 aromatic rings. The molecule has 0 spiro atoms. The lowest BCUT2D eigenvalue weighted by Crippen LogP contribution is -2.26. The summed E-state index contributed by atoms with van der Waals surface area (Å²) in [6, 6.07) is 10.2. The number of alkyl halides is 3. The van der Waals surface area contributed by atoms with Gasteiger partial charge in [-0.15, -0.1) is 0 Å². The van der Waals surface area contributed by atoms with Crippen molar-refractivity contribution < 1.29 is 18.0 Å². The van der Waals surface area contributed by atoms with Crippen LogP contribution in [-0.2, 0) is 23.9 Å². The Hall–Kier alpha value is -3.29. The number of benzene rings is 1. The topological polar surface area (TPSA) is 59.0 Å². The molecule has 1 aliphatic rings. The van der Waals surface area contributed by atoms with Crippen molar-refractivity contribution in [1.29, 1.82) is 0 Å². The van der Waals surface area contributed by atoms with Crippen molar-refractivity contribution in [3.8, 4) is 11.1 Å². The number of nitrogens with zero attached hydrogens (tertiary/aromatic N) is 4. The van der Waals surface area contributed by atoms with Crippen molar-refractivity contribution in [2.24, 2.45) is 0 Å². The number of carbonyl (C=O) groups is 1. The molecule has 0 N–H and O–H groups in total. The molecule has 0 saturated heterocycles. The number of amides is 1. The first-order chi connectivity index (χ1) is 12.9. The molecule has 8 heteroatoms. The van der Waals surface area contributed by atoms with Gasteiger partial charge in [0.1, 0.15) is 0 Å². The second kappa shape index (κ2) is 6.46. The van der Waals surface area contributed by atoms with Crippen LogP contribution < -0.4 is 4.90 Å². The number of aromatic nitrogens is 3. The Morgan fingerprint density at radius 1 is 1.07 bits per heavy atom. The summed E-state index contributed by atoms with van der Waals surface area (Å²) < 4.78 is 38.9. The number of carbonyl (C=O) groups excluding carboxylic acids is 1. The predicted molar refractivity (Wildman–Crippen MR) is 91.6 cm³/mol. The maximum atomic E-state index is 13.0. The third-order valence-corrected chi connectivity index (χ3v) is 4.33. The van der Waals surface area contributed by atoms with E-state index in [1.165, 1.54) is 23.4 Å². The lowest BCUT2D eigenvalue weighted by atomic mass is 10.0. The second-order valence-electron chi connectivity index (χ2n) is 6.14. The zero-order valence-electron chi connectivity index (χ0n) is 13.9. The number of halogens is 3. The van der Waals surface area contributed by atoms with Crippen molar-refractivity contribution >= 4 is 11.6 Å². The van der Waals surface area contributed by atoms with Crippen LogP contribution in [0.25, 0.3) is 11.1 Å². The van der Waals surface area contributed by atoms with E-state index in [1.807, 2.05) is 0 Å². The quantitative estimate of drug-likeness (QED) is 0.706. The number of rotatable bonds is 3. The minimum absolute atomic E-state index is 0.135. The molecule has 0 fully saturated rings. The van der Waals surface area contributed by atoms with Gasteiger partial charge in [-0.25, -0.2) is 0 Å². The molecule has 0 aliphatic carbocycles. The molecule has 136 valence electrons. The second-order valence-corrected chi connectivity index (χ2v) is 6.14. The van der Waals surface area contributed by atoms with Crippen molar-refractivity contribution in [1.82, 2.24) is 15.2 Å². The maximum absolute atomic E-state index is 13.0. The minimum Gasteiger partial charge on any atom is -0.304 e. The van der Waals surface area contributed by atoms with E-state index in [0.717, 1.165) is 12.1 Å². The van der Waals surface area contributed by atoms with E-state index in [9.17, 15) is 18.0 Å². The van der Waals surface area contributed by atoms with E-state index in [-0.39, 0.29) is 18.9 Å². The zero-order valence-corrected chi connectivity index (χ0v) is 13.9. The summed E-state index contributed by atoms with van der Waals surface area (Å²) in [6.45, 7) is 0.230. The number of hydrogen-bond donors (Lipinski definition) is 0. The lowest BCUT2D eigenvalue weighted by Gasteiger charge is -2.17. The van der Waals surface area contributed by atoms with Crippen molar-refractivity contribution in [2.45, 2.75) is 19.1 Å². The van der Waals surface area contributed by atoms with Crippen LogP contribution in [-0.4, -0.2) is 21.1 Å². The summed E-state index contributed by atoms with van der Waals surface area (Å²) in [5.74, 6) is -0.135. The van der Waals surface area contributed by atoms with Crippen LogP contribution in [0.2, 0.25) is 0 Å². The number of anilines is 1. The van der Waals surface area contributed by atoms with Gasteiger partial charge < -0.3 is 4.90 Å². The normalized spacial score (nSPS) is 13.7. The highest BCUT2D eigenvalue weighted by Gasteiger charge is 2.31. The lowest BCUT2D eigenvalue weighted by molar-refractivity contribution is -0.137. The molecule has 0 bridgehead atoms. The third-order valence-electron chi connectivity index (χ3n) is 4.33. The van der Waals surface area contributed by atoms with Crippen LogP contribution in [0.15, 0.2) is 54.9 Å². The fourth-order valence-electron chi connectivity index (χ4n) is 3.01. The number of fused-ring (bicyclic) bond motifs is 1. The van der Waals surface area contributed by atoms with Crippen LogP contribution in [0, 0.1) is 0 Å². The molecular formula is C19H13F3N4O. The molecule has 4 rings (SSSR count).